The highest BCUT2D eigenvalue weighted by Crippen LogP contribution is 2.22. The summed E-state index contributed by atoms with van der Waals surface area (Å²) in [7, 11) is 0. The number of halogens is 3. The second-order valence-corrected chi connectivity index (χ2v) is 5.53. The highest BCUT2D eigenvalue weighted by Gasteiger charge is 2.14. The summed E-state index contributed by atoms with van der Waals surface area (Å²) in [5, 5.41) is 14.3. The van der Waals surface area contributed by atoms with Gasteiger partial charge in [-0.1, -0.05) is 6.07 Å². The molecule has 5 nitrogen and oxygen atoms in total. The van der Waals surface area contributed by atoms with Crippen molar-refractivity contribution in [3.8, 4) is 0 Å². The van der Waals surface area contributed by atoms with Crippen molar-refractivity contribution in [1.29, 1.82) is 0 Å². The summed E-state index contributed by atoms with van der Waals surface area (Å²) in [4.78, 5) is 12.4. The molecule has 3 rings (SSSR count). The van der Waals surface area contributed by atoms with Crippen LogP contribution in [0.3, 0.4) is 0 Å². The van der Waals surface area contributed by atoms with Crippen molar-refractivity contribution in [2.45, 2.75) is 0 Å². The van der Waals surface area contributed by atoms with Crippen LogP contribution in [-0.4, -0.2) is 16.1 Å². The number of nitrogens with zero attached hydrogens (tertiary/aromatic N) is 2. The highest BCUT2D eigenvalue weighted by atomic mass is 32.1. The summed E-state index contributed by atoms with van der Waals surface area (Å²) < 4.78 is 39.6. The Morgan fingerprint density at radius 3 is 2.38 bits per heavy atom. The standard InChI is InChI=1S/C15H9F3N4OS/c16-8-3-4-9(14(18)13(8)17)19-11-5-6-12(22-21-11)20-15(23)10-2-1-7-24-10/h1-7H,(H,19,21)(H,20,22,23). The lowest BCUT2D eigenvalue weighted by atomic mass is 10.3. The number of anilines is 3. The number of thiophene rings is 1. The molecule has 0 bridgehead atoms. The minimum Gasteiger partial charge on any atom is -0.336 e. The van der Waals surface area contributed by atoms with Gasteiger partial charge < -0.3 is 10.6 Å². The Bertz CT molecular complexity index is 869. The molecule has 0 saturated heterocycles. The fourth-order valence-electron chi connectivity index (χ4n) is 1.81. The fourth-order valence-corrected chi connectivity index (χ4v) is 2.43. The molecule has 122 valence electrons. The lowest BCUT2D eigenvalue weighted by Gasteiger charge is -2.08. The van der Waals surface area contributed by atoms with Gasteiger partial charge in [-0.25, -0.2) is 13.2 Å². The topological polar surface area (TPSA) is 66.9 Å². The monoisotopic (exact) mass is 350 g/mol. The average Bonchev–Trinajstić information content (AvgIpc) is 3.12. The van der Waals surface area contributed by atoms with E-state index in [9.17, 15) is 18.0 Å². The van der Waals surface area contributed by atoms with Crippen LogP contribution < -0.4 is 10.6 Å². The van der Waals surface area contributed by atoms with Gasteiger partial charge >= 0.3 is 0 Å². The SMILES string of the molecule is O=C(Nc1ccc(Nc2ccc(F)c(F)c2F)nn1)c1cccs1. The van der Waals surface area contributed by atoms with Gasteiger partial charge in [-0.3, -0.25) is 4.79 Å². The average molecular weight is 350 g/mol. The normalized spacial score (nSPS) is 10.5. The molecule has 0 spiro atoms. The molecule has 0 aliphatic rings. The molecule has 9 heteroatoms. The van der Waals surface area contributed by atoms with E-state index in [2.05, 4.69) is 20.8 Å². The molecule has 24 heavy (non-hydrogen) atoms. The largest absolute Gasteiger partial charge is 0.336 e. The second-order valence-electron chi connectivity index (χ2n) is 4.58. The molecule has 3 aromatic rings. The second kappa shape index (κ2) is 6.67. The number of carbonyl (C=O) groups is 1. The van der Waals surface area contributed by atoms with Crippen molar-refractivity contribution < 1.29 is 18.0 Å². The van der Waals surface area contributed by atoms with Gasteiger partial charge in [-0.05, 0) is 35.7 Å². The molecule has 2 heterocycles. The Labute approximate surface area is 138 Å². The molecule has 0 aliphatic heterocycles. The minimum absolute atomic E-state index is 0.106. The van der Waals surface area contributed by atoms with Crippen LogP contribution in [0.25, 0.3) is 0 Å². The van der Waals surface area contributed by atoms with Crippen molar-refractivity contribution >= 4 is 34.6 Å². The van der Waals surface area contributed by atoms with Crippen molar-refractivity contribution in [3.63, 3.8) is 0 Å². The van der Waals surface area contributed by atoms with Crippen molar-refractivity contribution in [2.24, 2.45) is 0 Å². The van der Waals surface area contributed by atoms with Gasteiger partial charge in [-0.15, -0.1) is 21.5 Å². The predicted octanol–water partition coefficient (Wildman–Crippen LogP) is 3.95. The van der Waals surface area contributed by atoms with Crippen LogP contribution in [0, 0.1) is 17.5 Å². The lowest BCUT2D eigenvalue weighted by molar-refractivity contribution is 0.103. The van der Waals surface area contributed by atoms with Gasteiger partial charge in [-0.2, -0.15) is 0 Å². The number of hydrogen-bond donors (Lipinski definition) is 2. The fraction of sp³-hybridized carbons (Fsp3) is 0. The first-order chi connectivity index (χ1) is 11.5. The summed E-state index contributed by atoms with van der Waals surface area (Å²) >= 11 is 1.28. The van der Waals surface area contributed by atoms with Gasteiger partial charge in [0.1, 0.15) is 0 Å². The molecule has 2 N–H and O–H groups in total. The van der Waals surface area contributed by atoms with E-state index in [1.807, 2.05) is 0 Å². The zero-order chi connectivity index (χ0) is 17.1. The maximum Gasteiger partial charge on any atom is 0.266 e. The first-order valence-corrected chi connectivity index (χ1v) is 7.51. The summed E-state index contributed by atoms with van der Waals surface area (Å²) in [6.45, 7) is 0. The first-order valence-electron chi connectivity index (χ1n) is 6.63. The molecular weight excluding hydrogens is 341 g/mol. The van der Waals surface area contributed by atoms with Crippen molar-refractivity contribution in [2.75, 3.05) is 10.6 Å². The minimum atomic E-state index is -1.58. The number of hydrogen-bond acceptors (Lipinski definition) is 5. The number of nitrogens with one attached hydrogen (secondary N) is 2. The number of aromatic nitrogens is 2. The van der Waals surface area contributed by atoms with E-state index in [1.54, 1.807) is 17.5 Å². The van der Waals surface area contributed by atoms with E-state index in [0.717, 1.165) is 12.1 Å². The Morgan fingerprint density at radius 1 is 0.958 bits per heavy atom. The Hall–Kier alpha value is -2.94. The Morgan fingerprint density at radius 2 is 1.71 bits per heavy atom. The van der Waals surface area contributed by atoms with E-state index in [0.29, 0.717) is 4.88 Å². The smallest absolute Gasteiger partial charge is 0.266 e. The molecule has 0 saturated carbocycles. The molecule has 0 fully saturated rings. The number of amides is 1. The molecule has 1 aromatic carbocycles. The van der Waals surface area contributed by atoms with E-state index >= 15 is 0 Å². The van der Waals surface area contributed by atoms with E-state index in [-0.39, 0.29) is 23.2 Å². The molecule has 0 unspecified atom stereocenters. The van der Waals surface area contributed by atoms with Gasteiger partial charge in [0.05, 0.1) is 10.6 Å². The van der Waals surface area contributed by atoms with E-state index < -0.39 is 17.5 Å². The molecule has 0 aliphatic carbocycles. The zero-order valence-electron chi connectivity index (χ0n) is 11.9. The maximum absolute atomic E-state index is 13.6. The molecule has 2 aromatic heterocycles. The third-order valence-corrected chi connectivity index (χ3v) is 3.82. The van der Waals surface area contributed by atoms with Crippen molar-refractivity contribution in [1.82, 2.24) is 10.2 Å². The number of carbonyl (C=O) groups excluding carboxylic acids is 1. The third-order valence-electron chi connectivity index (χ3n) is 2.95. The van der Waals surface area contributed by atoms with Gasteiger partial charge in [0.25, 0.3) is 5.91 Å². The summed E-state index contributed by atoms with van der Waals surface area (Å²) in [6.07, 6.45) is 0. The molecule has 0 atom stereocenters. The Balaban J connectivity index is 1.71. The van der Waals surface area contributed by atoms with Crippen LogP contribution in [0.4, 0.5) is 30.5 Å². The molecular formula is C15H9F3N4OS. The molecule has 0 radical (unpaired) electrons. The quantitative estimate of drug-likeness (QED) is 0.699. The van der Waals surface area contributed by atoms with Crippen LogP contribution in [-0.2, 0) is 0 Å². The van der Waals surface area contributed by atoms with Crippen molar-refractivity contribution in [3.05, 3.63) is 64.1 Å². The summed E-state index contributed by atoms with van der Waals surface area (Å²) in [6, 6.07) is 8.10. The highest BCUT2D eigenvalue weighted by molar-refractivity contribution is 7.12. The maximum atomic E-state index is 13.6. The van der Waals surface area contributed by atoms with Crippen LogP contribution in [0.1, 0.15) is 9.67 Å². The Kier molecular flexibility index (Phi) is 4.43. The molecule has 1 amide bonds. The van der Waals surface area contributed by atoms with E-state index in [1.165, 1.54) is 23.5 Å². The van der Waals surface area contributed by atoms with Crippen LogP contribution in [0.5, 0.6) is 0 Å². The third kappa shape index (κ3) is 3.35. The number of rotatable bonds is 4. The van der Waals surface area contributed by atoms with Crippen LogP contribution in [0.15, 0.2) is 41.8 Å². The van der Waals surface area contributed by atoms with E-state index in [4.69, 9.17) is 0 Å². The predicted molar refractivity (Wildman–Crippen MR) is 83.9 cm³/mol. The summed E-state index contributed by atoms with van der Waals surface area (Å²) in [5.74, 6) is -4.24. The van der Waals surface area contributed by atoms with Gasteiger partial charge in [0, 0.05) is 0 Å². The van der Waals surface area contributed by atoms with Crippen LogP contribution in [0.2, 0.25) is 0 Å². The summed E-state index contributed by atoms with van der Waals surface area (Å²) in [5.41, 5.74) is -0.279. The van der Waals surface area contributed by atoms with Crippen LogP contribution >= 0.6 is 11.3 Å². The van der Waals surface area contributed by atoms with Gasteiger partial charge in [0.15, 0.2) is 29.1 Å². The number of benzene rings is 1. The zero-order valence-corrected chi connectivity index (χ0v) is 12.7. The lowest BCUT2D eigenvalue weighted by Crippen LogP contribution is -2.12. The van der Waals surface area contributed by atoms with Gasteiger partial charge in [0.2, 0.25) is 0 Å². The first kappa shape index (κ1) is 15.9.